The predicted molar refractivity (Wildman–Crippen MR) is 72.0 cm³/mol. The number of phenolic OH excluding ortho intramolecular Hbond substituents is 1. The maximum atomic E-state index is 9.39. The molecule has 2 heteroatoms. The topological polar surface area (TPSA) is 46.2 Å². The van der Waals surface area contributed by atoms with Gasteiger partial charge >= 0.3 is 0 Å². The molecule has 0 radical (unpaired) electrons. The van der Waals surface area contributed by atoms with E-state index in [-0.39, 0.29) is 6.04 Å². The Morgan fingerprint density at radius 3 is 2.65 bits per heavy atom. The molecule has 0 heterocycles. The third kappa shape index (κ3) is 2.66. The zero-order valence-corrected chi connectivity index (χ0v) is 9.76. The van der Waals surface area contributed by atoms with Gasteiger partial charge in [0.2, 0.25) is 0 Å². The molecule has 1 atom stereocenters. The van der Waals surface area contributed by atoms with Crippen LogP contribution in [0.3, 0.4) is 0 Å². The summed E-state index contributed by atoms with van der Waals surface area (Å²) in [5.74, 6) is 0.293. The van der Waals surface area contributed by atoms with Crippen LogP contribution in [0.1, 0.15) is 24.4 Å². The number of benzene rings is 2. The van der Waals surface area contributed by atoms with E-state index in [1.165, 1.54) is 0 Å². The van der Waals surface area contributed by atoms with Crippen molar-refractivity contribution in [2.45, 2.75) is 18.9 Å². The zero-order valence-electron chi connectivity index (χ0n) is 9.76. The second kappa shape index (κ2) is 5.02. The first kappa shape index (κ1) is 11.7. The van der Waals surface area contributed by atoms with Crippen molar-refractivity contribution >= 4 is 10.8 Å². The van der Waals surface area contributed by atoms with E-state index in [0.717, 1.165) is 29.2 Å². The lowest BCUT2D eigenvalue weighted by Crippen LogP contribution is -2.09. The molecule has 0 fully saturated rings. The minimum absolute atomic E-state index is 0.0474. The summed E-state index contributed by atoms with van der Waals surface area (Å²) in [7, 11) is 0. The number of hydrogen-bond donors (Lipinski definition) is 2. The van der Waals surface area contributed by atoms with E-state index in [1.54, 1.807) is 12.1 Å². The van der Waals surface area contributed by atoms with E-state index in [2.05, 4.69) is 12.6 Å². The molecule has 0 aliphatic heterocycles. The van der Waals surface area contributed by atoms with Crippen molar-refractivity contribution < 1.29 is 5.11 Å². The lowest BCUT2D eigenvalue weighted by molar-refractivity contribution is 0.476. The Morgan fingerprint density at radius 1 is 1.18 bits per heavy atom. The lowest BCUT2D eigenvalue weighted by Gasteiger charge is -2.11. The fourth-order valence-electron chi connectivity index (χ4n) is 1.95. The summed E-state index contributed by atoms with van der Waals surface area (Å²) in [6, 6.07) is 11.5. The van der Waals surface area contributed by atoms with E-state index < -0.39 is 0 Å². The Balaban J connectivity index is 2.31. The van der Waals surface area contributed by atoms with Crippen molar-refractivity contribution in [3.63, 3.8) is 0 Å². The molecule has 0 spiro atoms. The van der Waals surface area contributed by atoms with E-state index in [1.807, 2.05) is 24.3 Å². The Labute approximate surface area is 101 Å². The molecule has 0 aromatic heterocycles. The zero-order chi connectivity index (χ0) is 12.3. The highest BCUT2D eigenvalue weighted by Crippen LogP contribution is 2.24. The second-order valence-electron chi connectivity index (χ2n) is 4.26. The van der Waals surface area contributed by atoms with Crippen LogP contribution in [0.15, 0.2) is 49.1 Å². The van der Waals surface area contributed by atoms with Crippen molar-refractivity contribution in [3.05, 3.63) is 54.6 Å². The first-order chi connectivity index (χ1) is 8.20. The average Bonchev–Trinajstić information content (AvgIpc) is 2.35. The third-order valence-electron chi connectivity index (χ3n) is 2.96. The van der Waals surface area contributed by atoms with Crippen LogP contribution in [-0.2, 0) is 0 Å². The van der Waals surface area contributed by atoms with Gasteiger partial charge in [-0.3, -0.25) is 0 Å². The van der Waals surface area contributed by atoms with Gasteiger partial charge in [-0.15, -0.1) is 6.58 Å². The maximum absolute atomic E-state index is 9.39. The van der Waals surface area contributed by atoms with E-state index in [9.17, 15) is 5.11 Å². The molecule has 2 aromatic rings. The molecule has 3 N–H and O–H groups in total. The minimum Gasteiger partial charge on any atom is -0.508 e. The van der Waals surface area contributed by atoms with Crippen LogP contribution < -0.4 is 5.73 Å². The summed E-state index contributed by atoms with van der Waals surface area (Å²) in [5.41, 5.74) is 7.23. The molecule has 0 aliphatic carbocycles. The Bertz CT molecular complexity index is 533. The van der Waals surface area contributed by atoms with Crippen LogP contribution in [0.5, 0.6) is 5.75 Å². The molecule has 2 nitrogen and oxygen atoms in total. The van der Waals surface area contributed by atoms with Gasteiger partial charge in [0.05, 0.1) is 0 Å². The molecule has 0 unspecified atom stereocenters. The molecule has 0 bridgehead atoms. The fraction of sp³-hybridized carbons (Fsp3) is 0.200. The number of aromatic hydroxyl groups is 1. The molecule has 0 amide bonds. The third-order valence-corrected chi connectivity index (χ3v) is 2.96. The van der Waals surface area contributed by atoms with Crippen molar-refractivity contribution in [1.29, 1.82) is 0 Å². The molecular formula is C15H17NO. The smallest absolute Gasteiger partial charge is 0.116 e. The van der Waals surface area contributed by atoms with Crippen LogP contribution in [0.4, 0.5) is 0 Å². The van der Waals surface area contributed by atoms with Gasteiger partial charge in [-0.05, 0) is 47.4 Å². The van der Waals surface area contributed by atoms with Gasteiger partial charge in [0.15, 0.2) is 0 Å². The highest BCUT2D eigenvalue weighted by atomic mass is 16.3. The Hall–Kier alpha value is -1.80. The van der Waals surface area contributed by atoms with Crippen molar-refractivity contribution in [3.8, 4) is 5.75 Å². The molecule has 0 aliphatic rings. The average molecular weight is 227 g/mol. The number of allylic oxidation sites excluding steroid dienone is 1. The summed E-state index contributed by atoms with van der Waals surface area (Å²) < 4.78 is 0. The number of rotatable bonds is 4. The van der Waals surface area contributed by atoms with Crippen LogP contribution in [0.25, 0.3) is 10.8 Å². The summed E-state index contributed by atoms with van der Waals surface area (Å²) in [4.78, 5) is 0. The van der Waals surface area contributed by atoms with Crippen LogP contribution in [0.2, 0.25) is 0 Å². The highest BCUT2D eigenvalue weighted by Gasteiger charge is 2.05. The molecule has 2 rings (SSSR count). The number of phenols is 1. The molecule has 2 aromatic carbocycles. The molecular weight excluding hydrogens is 210 g/mol. The number of fused-ring (bicyclic) bond motifs is 1. The van der Waals surface area contributed by atoms with Gasteiger partial charge in [0, 0.05) is 6.04 Å². The molecule has 17 heavy (non-hydrogen) atoms. The van der Waals surface area contributed by atoms with E-state index in [4.69, 9.17) is 5.73 Å². The van der Waals surface area contributed by atoms with Gasteiger partial charge in [-0.25, -0.2) is 0 Å². The predicted octanol–water partition coefficient (Wildman–Crippen LogP) is 3.51. The maximum Gasteiger partial charge on any atom is 0.116 e. The summed E-state index contributed by atoms with van der Waals surface area (Å²) in [6.45, 7) is 3.70. The van der Waals surface area contributed by atoms with Gasteiger partial charge in [-0.2, -0.15) is 0 Å². The minimum atomic E-state index is 0.0474. The quantitative estimate of drug-likeness (QED) is 0.785. The van der Waals surface area contributed by atoms with Crippen molar-refractivity contribution in [2.24, 2.45) is 5.73 Å². The van der Waals surface area contributed by atoms with Gasteiger partial charge in [-0.1, -0.05) is 24.3 Å². The fourth-order valence-corrected chi connectivity index (χ4v) is 1.95. The SMILES string of the molecule is C=CCC[C@H](N)c1ccc2cc(O)ccc2c1. The van der Waals surface area contributed by atoms with E-state index >= 15 is 0 Å². The first-order valence-corrected chi connectivity index (χ1v) is 5.80. The lowest BCUT2D eigenvalue weighted by atomic mass is 9.99. The van der Waals surface area contributed by atoms with Crippen LogP contribution in [-0.4, -0.2) is 5.11 Å². The largest absolute Gasteiger partial charge is 0.508 e. The molecule has 0 saturated heterocycles. The van der Waals surface area contributed by atoms with Crippen molar-refractivity contribution in [1.82, 2.24) is 0 Å². The van der Waals surface area contributed by atoms with Gasteiger partial charge in [0.1, 0.15) is 5.75 Å². The monoisotopic (exact) mass is 227 g/mol. The number of nitrogens with two attached hydrogens (primary N) is 1. The standard InChI is InChI=1S/C15H17NO/c1-2-3-4-15(16)13-6-5-12-10-14(17)8-7-11(12)9-13/h2,5-10,15,17H,1,3-4,16H2/t15-/m0/s1. The van der Waals surface area contributed by atoms with Crippen molar-refractivity contribution in [2.75, 3.05) is 0 Å². The highest BCUT2D eigenvalue weighted by molar-refractivity contribution is 5.84. The van der Waals surface area contributed by atoms with Crippen LogP contribution in [0, 0.1) is 0 Å². The van der Waals surface area contributed by atoms with Gasteiger partial charge in [0.25, 0.3) is 0 Å². The van der Waals surface area contributed by atoms with E-state index in [0.29, 0.717) is 5.75 Å². The molecule has 88 valence electrons. The first-order valence-electron chi connectivity index (χ1n) is 5.80. The second-order valence-corrected chi connectivity index (χ2v) is 4.26. The summed E-state index contributed by atoms with van der Waals surface area (Å²) >= 11 is 0. The number of hydrogen-bond acceptors (Lipinski definition) is 2. The summed E-state index contributed by atoms with van der Waals surface area (Å²) in [5, 5.41) is 11.5. The molecule has 0 saturated carbocycles. The Morgan fingerprint density at radius 2 is 1.88 bits per heavy atom. The normalized spacial score (nSPS) is 12.5. The Kier molecular flexibility index (Phi) is 3.45. The van der Waals surface area contributed by atoms with Crippen LogP contribution >= 0.6 is 0 Å². The van der Waals surface area contributed by atoms with Gasteiger partial charge < -0.3 is 10.8 Å². The summed E-state index contributed by atoms with van der Waals surface area (Å²) in [6.07, 6.45) is 3.72.